The van der Waals surface area contributed by atoms with Gasteiger partial charge < -0.3 is 30.7 Å². The Morgan fingerprint density at radius 3 is 2.03 bits per heavy atom. The number of carbonyl (C=O) groups is 5. The maximum Gasteiger partial charge on any atom is 0.326 e. The van der Waals surface area contributed by atoms with Gasteiger partial charge in [-0.05, 0) is 24.3 Å². The average molecular weight is 448 g/mol. The lowest BCUT2D eigenvalue weighted by Crippen LogP contribution is -2.51. The Morgan fingerprint density at radius 2 is 1.47 bits per heavy atom. The van der Waals surface area contributed by atoms with E-state index in [0.29, 0.717) is 0 Å². The van der Waals surface area contributed by atoms with Crippen LogP contribution in [0.2, 0.25) is 0 Å². The minimum atomic E-state index is -1.51. The van der Waals surface area contributed by atoms with Gasteiger partial charge in [-0.15, -0.1) is 0 Å². The van der Waals surface area contributed by atoms with Crippen LogP contribution in [0.25, 0.3) is 0 Å². The third-order valence-electron chi connectivity index (χ3n) is 4.02. The van der Waals surface area contributed by atoms with E-state index >= 15 is 0 Å². The first-order chi connectivity index (χ1) is 15.2. The maximum atomic E-state index is 12.4. The minimum Gasteiger partial charge on any atom is -0.481 e. The van der Waals surface area contributed by atoms with Gasteiger partial charge in [0.15, 0.2) is 0 Å². The monoisotopic (exact) mass is 448 g/mol. The molecule has 2 amide bonds. The number of carboxylic acid groups (broad SMARTS) is 3. The van der Waals surface area contributed by atoms with Gasteiger partial charge in [-0.2, -0.15) is 0 Å². The second kappa shape index (κ2) is 14.2. The Hall–Kier alpha value is -3.91. The number of carboxylic acids is 3. The summed E-state index contributed by atoms with van der Waals surface area (Å²) in [4.78, 5) is 57.1. The summed E-state index contributed by atoms with van der Waals surface area (Å²) in [5.41, 5.74) is 0.917. The number of carbonyl (C=O) groups excluding carboxylic acids is 2. The molecule has 0 radical (unpaired) electrons. The van der Waals surface area contributed by atoms with E-state index in [9.17, 15) is 24.0 Å². The zero-order valence-electron chi connectivity index (χ0n) is 17.1. The molecule has 1 aromatic rings. The lowest BCUT2D eigenvalue weighted by atomic mass is 10.1. The minimum absolute atomic E-state index is 0.0649. The van der Waals surface area contributed by atoms with Crippen LogP contribution in [-0.4, -0.2) is 63.7 Å². The van der Waals surface area contributed by atoms with E-state index in [4.69, 9.17) is 20.1 Å². The zero-order chi connectivity index (χ0) is 23.9. The molecule has 0 aromatic heterocycles. The molecule has 0 bridgehead atoms. The van der Waals surface area contributed by atoms with Gasteiger partial charge in [-0.1, -0.05) is 36.3 Å². The predicted octanol–water partition coefficient (Wildman–Crippen LogP) is -0.00960. The van der Waals surface area contributed by atoms with Crippen molar-refractivity contribution in [1.29, 1.82) is 0 Å². The summed E-state index contributed by atoms with van der Waals surface area (Å²) >= 11 is 0. The summed E-state index contributed by atoms with van der Waals surface area (Å²) < 4.78 is 5.30. The van der Waals surface area contributed by atoms with E-state index in [-0.39, 0.29) is 26.1 Å². The molecular weight excluding hydrogens is 424 g/mol. The largest absolute Gasteiger partial charge is 0.481 e. The highest BCUT2D eigenvalue weighted by Crippen LogP contribution is 2.03. The number of ether oxygens (including phenoxy) is 1. The number of benzene rings is 1. The van der Waals surface area contributed by atoms with Crippen LogP contribution in [0.1, 0.15) is 31.2 Å². The zero-order valence-corrected chi connectivity index (χ0v) is 17.1. The van der Waals surface area contributed by atoms with Crippen molar-refractivity contribution < 1.29 is 44.0 Å². The highest BCUT2D eigenvalue weighted by atomic mass is 16.5. The van der Waals surface area contributed by atoms with Crippen molar-refractivity contribution in [2.24, 2.45) is 0 Å². The number of hydrogen-bond donors (Lipinski definition) is 5. The SMILES string of the molecule is O=C(O)CC[C@H](NC(=O)[C@H](CCC(=O)O)NC(=O)C#CCOCc1ccccc1)C(=O)O. The van der Waals surface area contributed by atoms with Gasteiger partial charge in [0, 0.05) is 12.8 Å². The molecule has 172 valence electrons. The summed E-state index contributed by atoms with van der Waals surface area (Å²) in [6, 6.07) is 6.37. The third kappa shape index (κ3) is 11.3. The summed E-state index contributed by atoms with van der Waals surface area (Å²) in [6.07, 6.45) is -1.67. The van der Waals surface area contributed by atoms with Gasteiger partial charge >= 0.3 is 17.9 Å². The van der Waals surface area contributed by atoms with Crippen LogP contribution in [-0.2, 0) is 35.3 Å². The Labute approximate surface area is 183 Å². The van der Waals surface area contributed by atoms with Gasteiger partial charge in [0.1, 0.15) is 18.7 Å². The van der Waals surface area contributed by atoms with E-state index in [0.717, 1.165) is 5.56 Å². The standard InChI is InChI=1S/C21H24N2O9/c24-17(7-4-12-32-13-14-5-2-1-3-6-14)22-15(8-10-18(25)26)20(29)23-16(21(30)31)9-11-19(27)28/h1-3,5-6,15-16H,8-13H2,(H,22,24)(H,23,29)(H,25,26)(H,27,28)(H,30,31)/t15-,16-/m0/s1. The molecule has 2 atom stereocenters. The summed E-state index contributed by atoms with van der Waals surface area (Å²) in [7, 11) is 0. The van der Waals surface area contributed by atoms with Crippen molar-refractivity contribution in [3.8, 4) is 11.8 Å². The Bertz CT molecular complexity index is 874. The highest BCUT2D eigenvalue weighted by Gasteiger charge is 2.27. The fraction of sp³-hybridized carbons (Fsp3) is 0.381. The molecule has 0 heterocycles. The smallest absolute Gasteiger partial charge is 0.326 e. The van der Waals surface area contributed by atoms with E-state index in [1.165, 1.54) is 0 Å². The van der Waals surface area contributed by atoms with Crippen molar-refractivity contribution >= 4 is 29.7 Å². The van der Waals surface area contributed by atoms with E-state index in [1.54, 1.807) is 0 Å². The lowest BCUT2D eigenvalue weighted by molar-refractivity contribution is -0.144. The number of amides is 2. The van der Waals surface area contributed by atoms with Crippen LogP contribution >= 0.6 is 0 Å². The van der Waals surface area contributed by atoms with Gasteiger partial charge in [0.05, 0.1) is 6.61 Å². The second-order valence-corrected chi connectivity index (χ2v) is 6.57. The Morgan fingerprint density at radius 1 is 0.875 bits per heavy atom. The van der Waals surface area contributed by atoms with Crippen molar-refractivity contribution in [2.75, 3.05) is 6.61 Å². The lowest BCUT2D eigenvalue weighted by Gasteiger charge is -2.20. The number of aliphatic carboxylic acids is 3. The first-order valence-corrected chi connectivity index (χ1v) is 9.56. The Balaban J connectivity index is 2.65. The van der Waals surface area contributed by atoms with Crippen LogP contribution in [0.4, 0.5) is 0 Å². The molecule has 0 spiro atoms. The molecule has 0 saturated heterocycles. The first-order valence-electron chi connectivity index (χ1n) is 9.56. The summed E-state index contributed by atoms with van der Waals surface area (Å²) in [5, 5.41) is 31.0. The fourth-order valence-corrected chi connectivity index (χ4v) is 2.44. The van der Waals surface area contributed by atoms with Crippen molar-refractivity contribution in [3.63, 3.8) is 0 Å². The fourth-order valence-electron chi connectivity index (χ4n) is 2.44. The number of hydrogen-bond acceptors (Lipinski definition) is 6. The van der Waals surface area contributed by atoms with Crippen LogP contribution in [0.15, 0.2) is 30.3 Å². The topological polar surface area (TPSA) is 179 Å². The van der Waals surface area contributed by atoms with E-state index in [2.05, 4.69) is 22.5 Å². The van der Waals surface area contributed by atoms with Gasteiger partial charge in [-0.3, -0.25) is 19.2 Å². The molecule has 5 N–H and O–H groups in total. The number of nitrogens with one attached hydrogen (secondary N) is 2. The molecule has 32 heavy (non-hydrogen) atoms. The molecule has 0 saturated carbocycles. The quantitative estimate of drug-likeness (QED) is 0.205. The number of rotatable bonds is 13. The van der Waals surface area contributed by atoms with Crippen molar-refractivity contribution in [2.45, 2.75) is 44.4 Å². The molecule has 11 nitrogen and oxygen atoms in total. The van der Waals surface area contributed by atoms with Gasteiger partial charge in [0.2, 0.25) is 5.91 Å². The van der Waals surface area contributed by atoms with E-state index < -0.39 is 54.6 Å². The molecule has 0 fully saturated rings. The van der Waals surface area contributed by atoms with Crippen LogP contribution < -0.4 is 10.6 Å². The maximum absolute atomic E-state index is 12.4. The normalized spacial score (nSPS) is 11.9. The molecule has 11 heteroatoms. The van der Waals surface area contributed by atoms with E-state index in [1.807, 2.05) is 30.3 Å². The predicted molar refractivity (Wildman–Crippen MR) is 109 cm³/mol. The van der Waals surface area contributed by atoms with Crippen molar-refractivity contribution in [3.05, 3.63) is 35.9 Å². The van der Waals surface area contributed by atoms with Crippen LogP contribution in [0.3, 0.4) is 0 Å². The van der Waals surface area contributed by atoms with Crippen LogP contribution in [0.5, 0.6) is 0 Å². The summed E-state index contributed by atoms with van der Waals surface area (Å²) in [5.74, 6) is -1.09. The van der Waals surface area contributed by atoms with Crippen LogP contribution in [0, 0.1) is 11.8 Å². The molecule has 0 aliphatic heterocycles. The van der Waals surface area contributed by atoms with Gasteiger partial charge in [-0.25, -0.2) is 4.79 Å². The molecule has 1 rings (SSSR count). The first kappa shape index (κ1) is 26.1. The third-order valence-corrected chi connectivity index (χ3v) is 4.02. The van der Waals surface area contributed by atoms with Gasteiger partial charge in [0.25, 0.3) is 5.91 Å². The molecular formula is C21H24N2O9. The van der Waals surface area contributed by atoms with Crippen molar-refractivity contribution in [1.82, 2.24) is 10.6 Å². The average Bonchev–Trinajstić information content (AvgIpc) is 2.73. The summed E-state index contributed by atoms with van der Waals surface area (Å²) in [6.45, 7) is 0.221. The Kier molecular flexibility index (Phi) is 11.6. The second-order valence-electron chi connectivity index (χ2n) is 6.57. The molecule has 0 unspecified atom stereocenters. The highest BCUT2D eigenvalue weighted by molar-refractivity contribution is 5.97. The molecule has 1 aromatic carbocycles. The molecule has 0 aliphatic carbocycles. The molecule has 0 aliphatic rings.